The summed E-state index contributed by atoms with van der Waals surface area (Å²) in [5, 5.41) is 2.88. The molecule has 0 bridgehead atoms. The Labute approximate surface area is 150 Å². The molecule has 0 aromatic rings. The van der Waals surface area contributed by atoms with Crippen molar-refractivity contribution in [1.82, 2.24) is 15.1 Å². The van der Waals surface area contributed by atoms with Crippen molar-refractivity contribution in [3.05, 3.63) is 0 Å². The average Bonchev–Trinajstić information content (AvgIpc) is 3.05. The van der Waals surface area contributed by atoms with Crippen molar-refractivity contribution >= 4 is 17.8 Å². The highest BCUT2D eigenvalue weighted by Gasteiger charge is 2.52. The van der Waals surface area contributed by atoms with Crippen molar-refractivity contribution < 1.29 is 14.4 Å². The quantitative estimate of drug-likeness (QED) is 0.797. The Morgan fingerprint density at radius 3 is 2.48 bits per heavy atom. The Kier molecular flexibility index (Phi) is 4.82. The summed E-state index contributed by atoms with van der Waals surface area (Å²) in [6, 6.07) is -0.177. The van der Waals surface area contributed by atoms with Gasteiger partial charge in [0, 0.05) is 12.6 Å². The van der Waals surface area contributed by atoms with E-state index in [2.05, 4.69) is 26.1 Å². The number of urea groups is 1. The molecule has 3 fully saturated rings. The molecule has 1 saturated carbocycles. The molecule has 6 nitrogen and oxygen atoms in total. The highest BCUT2D eigenvalue weighted by Crippen LogP contribution is 2.34. The molecule has 1 N–H and O–H groups in total. The van der Waals surface area contributed by atoms with Crippen molar-refractivity contribution in [2.45, 2.75) is 83.7 Å². The average molecular weight is 349 g/mol. The molecule has 2 heterocycles. The van der Waals surface area contributed by atoms with Crippen LogP contribution in [0.15, 0.2) is 0 Å². The van der Waals surface area contributed by atoms with Crippen LogP contribution in [0.3, 0.4) is 0 Å². The van der Waals surface area contributed by atoms with Gasteiger partial charge < -0.3 is 10.2 Å². The van der Waals surface area contributed by atoms with E-state index in [9.17, 15) is 14.4 Å². The number of imide groups is 1. The molecule has 1 spiro atoms. The van der Waals surface area contributed by atoms with Gasteiger partial charge in [0.05, 0.1) is 0 Å². The molecule has 25 heavy (non-hydrogen) atoms. The first-order valence-electron chi connectivity index (χ1n) is 9.65. The maximum atomic E-state index is 12.8. The first-order valence-corrected chi connectivity index (χ1v) is 9.65. The number of hydrogen-bond acceptors (Lipinski definition) is 3. The van der Waals surface area contributed by atoms with Crippen LogP contribution >= 0.6 is 0 Å². The van der Waals surface area contributed by atoms with Crippen molar-refractivity contribution in [3.8, 4) is 0 Å². The van der Waals surface area contributed by atoms with E-state index in [1.165, 1.54) is 0 Å². The van der Waals surface area contributed by atoms with Gasteiger partial charge in [-0.2, -0.15) is 0 Å². The molecular formula is C19H31N3O3. The lowest BCUT2D eigenvalue weighted by Gasteiger charge is -2.32. The van der Waals surface area contributed by atoms with E-state index in [1.54, 1.807) is 0 Å². The molecule has 3 aliphatic rings. The second-order valence-corrected chi connectivity index (χ2v) is 9.11. The molecular weight excluding hydrogens is 318 g/mol. The number of carbonyl (C=O) groups excluding carboxylic acids is 3. The van der Waals surface area contributed by atoms with Crippen LogP contribution < -0.4 is 5.32 Å². The van der Waals surface area contributed by atoms with Gasteiger partial charge in [-0.05, 0) is 37.5 Å². The topological polar surface area (TPSA) is 69.7 Å². The van der Waals surface area contributed by atoms with Crippen LogP contribution in [0.5, 0.6) is 0 Å². The third kappa shape index (κ3) is 3.67. The summed E-state index contributed by atoms with van der Waals surface area (Å²) in [4.78, 5) is 41.0. The fourth-order valence-electron chi connectivity index (χ4n) is 4.62. The maximum absolute atomic E-state index is 12.8. The molecule has 1 atom stereocenters. The monoisotopic (exact) mass is 349 g/mol. The summed E-state index contributed by atoms with van der Waals surface area (Å²) in [6.45, 7) is 7.15. The van der Waals surface area contributed by atoms with Gasteiger partial charge in [0.2, 0.25) is 5.91 Å². The number of likely N-dealkylation sites (tertiary alicyclic amines) is 1. The maximum Gasteiger partial charge on any atom is 0.325 e. The molecule has 1 unspecified atom stereocenters. The Balaban J connectivity index is 1.66. The molecule has 2 aliphatic heterocycles. The van der Waals surface area contributed by atoms with Gasteiger partial charge in [-0.1, -0.05) is 40.0 Å². The fraction of sp³-hybridized carbons (Fsp3) is 0.842. The lowest BCUT2D eigenvalue weighted by Crippen LogP contribution is -2.49. The second kappa shape index (κ2) is 6.61. The van der Waals surface area contributed by atoms with Crippen LogP contribution in [-0.4, -0.2) is 52.3 Å². The standard InChI is InChI=1S/C19H31N3O3/c1-18(2,3)12-14-8-7-11-21(14)15(23)13-22-16(24)19(20-17(22)25)9-5-4-6-10-19/h14H,4-13H2,1-3H3,(H,20,25). The van der Waals surface area contributed by atoms with Crippen LogP contribution in [0.1, 0.15) is 72.1 Å². The van der Waals surface area contributed by atoms with Gasteiger partial charge in [-0.15, -0.1) is 0 Å². The predicted octanol–water partition coefficient (Wildman–Crippen LogP) is 2.67. The van der Waals surface area contributed by atoms with Crippen molar-refractivity contribution in [1.29, 1.82) is 0 Å². The molecule has 6 heteroatoms. The molecule has 0 radical (unpaired) electrons. The van der Waals surface area contributed by atoms with Gasteiger partial charge in [0.15, 0.2) is 0 Å². The summed E-state index contributed by atoms with van der Waals surface area (Å²) >= 11 is 0. The number of nitrogens with one attached hydrogen (secondary N) is 1. The third-order valence-corrected chi connectivity index (χ3v) is 5.79. The number of hydrogen-bond donors (Lipinski definition) is 1. The van der Waals surface area contributed by atoms with Gasteiger partial charge >= 0.3 is 6.03 Å². The zero-order valence-electron chi connectivity index (χ0n) is 15.8. The van der Waals surface area contributed by atoms with E-state index in [1.807, 2.05) is 4.90 Å². The van der Waals surface area contributed by atoms with E-state index in [4.69, 9.17) is 0 Å². The Morgan fingerprint density at radius 1 is 1.16 bits per heavy atom. The first-order chi connectivity index (χ1) is 11.7. The normalized spacial score (nSPS) is 26.4. The lowest BCUT2D eigenvalue weighted by molar-refractivity contribution is -0.140. The zero-order chi connectivity index (χ0) is 18.2. The fourth-order valence-corrected chi connectivity index (χ4v) is 4.62. The summed E-state index contributed by atoms with van der Waals surface area (Å²) < 4.78 is 0. The molecule has 2 saturated heterocycles. The largest absolute Gasteiger partial charge is 0.338 e. The van der Waals surface area contributed by atoms with Crippen LogP contribution in [0.25, 0.3) is 0 Å². The highest BCUT2D eigenvalue weighted by atomic mass is 16.2. The lowest BCUT2D eigenvalue weighted by atomic mass is 9.82. The third-order valence-electron chi connectivity index (χ3n) is 5.79. The number of amides is 4. The second-order valence-electron chi connectivity index (χ2n) is 9.11. The van der Waals surface area contributed by atoms with Gasteiger partial charge in [0.1, 0.15) is 12.1 Å². The van der Waals surface area contributed by atoms with Gasteiger partial charge in [0.25, 0.3) is 5.91 Å². The molecule has 1 aliphatic carbocycles. The highest BCUT2D eigenvalue weighted by molar-refractivity contribution is 6.09. The number of rotatable bonds is 3. The number of nitrogens with zero attached hydrogens (tertiary/aromatic N) is 2. The first kappa shape index (κ1) is 18.2. The van der Waals surface area contributed by atoms with E-state index < -0.39 is 11.6 Å². The minimum atomic E-state index is -0.745. The summed E-state index contributed by atoms with van der Waals surface area (Å²) in [5.74, 6) is -0.291. The van der Waals surface area contributed by atoms with Crippen LogP contribution in [-0.2, 0) is 9.59 Å². The molecule has 0 aromatic heterocycles. The predicted molar refractivity (Wildman–Crippen MR) is 94.9 cm³/mol. The number of carbonyl (C=O) groups is 3. The van der Waals surface area contributed by atoms with E-state index in [0.29, 0.717) is 12.8 Å². The van der Waals surface area contributed by atoms with E-state index in [-0.39, 0.29) is 29.8 Å². The van der Waals surface area contributed by atoms with Gasteiger partial charge in [-0.3, -0.25) is 14.5 Å². The van der Waals surface area contributed by atoms with Crippen molar-refractivity contribution in [2.24, 2.45) is 5.41 Å². The van der Waals surface area contributed by atoms with Crippen molar-refractivity contribution in [2.75, 3.05) is 13.1 Å². The van der Waals surface area contributed by atoms with Crippen molar-refractivity contribution in [3.63, 3.8) is 0 Å². The minimum absolute atomic E-state index is 0.0943. The van der Waals surface area contributed by atoms with Crippen LogP contribution in [0.2, 0.25) is 0 Å². The molecule has 4 amide bonds. The van der Waals surface area contributed by atoms with Gasteiger partial charge in [-0.25, -0.2) is 4.79 Å². The minimum Gasteiger partial charge on any atom is -0.338 e. The Hall–Kier alpha value is -1.59. The SMILES string of the molecule is CC(C)(C)CC1CCCN1C(=O)CN1C(=O)NC2(CCCCC2)C1=O. The molecule has 0 aromatic carbocycles. The van der Waals surface area contributed by atoms with Crippen LogP contribution in [0, 0.1) is 5.41 Å². The summed E-state index contributed by atoms with van der Waals surface area (Å²) in [5.41, 5.74) is -0.591. The smallest absolute Gasteiger partial charge is 0.325 e. The van der Waals surface area contributed by atoms with E-state index >= 15 is 0 Å². The van der Waals surface area contributed by atoms with Crippen LogP contribution in [0.4, 0.5) is 4.79 Å². The summed E-state index contributed by atoms with van der Waals surface area (Å²) in [6.07, 6.45) is 7.34. The molecule has 3 rings (SSSR count). The van der Waals surface area contributed by atoms with E-state index in [0.717, 1.165) is 50.0 Å². The molecule has 140 valence electrons. The summed E-state index contributed by atoms with van der Waals surface area (Å²) in [7, 11) is 0. The zero-order valence-corrected chi connectivity index (χ0v) is 15.8. The Morgan fingerprint density at radius 2 is 1.84 bits per heavy atom. The Bertz CT molecular complexity index is 561.